The van der Waals surface area contributed by atoms with Crippen molar-refractivity contribution in [1.82, 2.24) is 19.7 Å². The van der Waals surface area contributed by atoms with Crippen LogP contribution < -0.4 is 10.7 Å². The minimum atomic E-state index is -0.323. The molecule has 1 aliphatic carbocycles. The molecule has 0 bridgehead atoms. The van der Waals surface area contributed by atoms with Crippen molar-refractivity contribution in [3.63, 3.8) is 0 Å². The van der Waals surface area contributed by atoms with Gasteiger partial charge in [0.05, 0.1) is 11.6 Å². The number of aryl methyl sites for hydroxylation is 3. The first kappa shape index (κ1) is 15.6. The Kier molecular flexibility index (Phi) is 3.67. The summed E-state index contributed by atoms with van der Waals surface area (Å²) >= 11 is 0. The molecule has 4 rings (SSSR count). The summed E-state index contributed by atoms with van der Waals surface area (Å²) in [5.41, 5.74) is 3.25. The van der Waals surface area contributed by atoms with Gasteiger partial charge in [0.1, 0.15) is 11.2 Å². The second-order valence-corrected chi connectivity index (χ2v) is 6.63. The summed E-state index contributed by atoms with van der Waals surface area (Å²) in [6, 6.07) is 8.35. The summed E-state index contributed by atoms with van der Waals surface area (Å²) in [5, 5.41) is 7.52. The lowest BCUT2D eigenvalue weighted by Crippen LogP contribution is -2.32. The molecule has 0 radical (unpaired) electrons. The van der Waals surface area contributed by atoms with Crippen LogP contribution in [0.5, 0.6) is 0 Å². The van der Waals surface area contributed by atoms with Crippen molar-refractivity contribution >= 4 is 16.9 Å². The van der Waals surface area contributed by atoms with Gasteiger partial charge in [-0.25, -0.2) is 0 Å². The third-order valence-corrected chi connectivity index (χ3v) is 5.06. The molecule has 6 heteroatoms. The molecule has 25 heavy (non-hydrogen) atoms. The van der Waals surface area contributed by atoms with Gasteiger partial charge >= 0.3 is 0 Å². The first-order chi connectivity index (χ1) is 12.1. The molecule has 0 aliphatic heterocycles. The summed E-state index contributed by atoms with van der Waals surface area (Å²) in [5.74, 6) is -0.0122. The SMILES string of the molecule is Cn1cc(C(=O)NC[C@H]2CCc3ccccc32)c(=O)c2cnn(C)c21. The number of hydrogen-bond acceptors (Lipinski definition) is 3. The third kappa shape index (κ3) is 2.54. The highest BCUT2D eigenvalue weighted by Crippen LogP contribution is 2.32. The zero-order chi connectivity index (χ0) is 17.6. The second-order valence-electron chi connectivity index (χ2n) is 6.63. The lowest BCUT2D eigenvalue weighted by molar-refractivity contribution is 0.0949. The molecule has 2 heterocycles. The molecule has 1 aromatic carbocycles. The number of rotatable bonds is 3. The first-order valence-corrected chi connectivity index (χ1v) is 8.43. The molecule has 0 unspecified atom stereocenters. The van der Waals surface area contributed by atoms with Gasteiger partial charge in [0.2, 0.25) is 5.43 Å². The number of benzene rings is 1. The van der Waals surface area contributed by atoms with Crippen molar-refractivity contribution in [3.8, 4) is 0 Å². The number of nitrogens with one attached hydrogen (secondary N) is 1. The highest BCUT2D eigenvalue weighted by Gasteiger charge is 2.23. The topological polar surface area (TPSA) is 68.9 Å². The van der Waals surface area contributed by atoms with E-state index in [0.29, 0.717) is 23.5 Å². The highest BCUT2D eigenvalue weighted by atomic mass is 16.2. The fraction of sp³-hybridized carbons (Fsp3) is 0.316. The molecule has 0 saturated carbocycles. The lowest BCUT2D eigenvalue weighted by atomic mass is 10.0. The van der Waals surface area contributed by atoms with Gasteiger partial charge in [0.15, 0.2) is 0 Å². The van der Waals surface area contributed by atoms with Crippen LogP contribution in [0.25, 0.3) is 11.0 Å². The van der Waals surface area contributed by atoms with Gasteiger partial charge in [0.25, 0.3) is 5.91 Å². The number of amides is 1. The molecule has 1 atom stereocenters. The van der Waals surface area contributed by atoms with Crippen LogP contribution in [-0.4, -0.2) is 26.8 Å². The summed E-state index contributed by atoms with van der Waals surface area (Å²) in [7, 11) is 3.59. The highest BCUT2D eigenvalue weighted by molar-refractivity contribution is 5.96. The molecule has 0 saturated heterocycles. The quantitative estimate of drug-likeness (QED) is 0.792. The lowest BCUT2D eigenvalue weighted by Gasteiger charge is -2.13. The van der Waals surface area contributed by atoms with Gasteiger partial charge in [-0.1, -0.05) is 24.3 Å². The van der Waals surface area contributed by atoms with Crippen LogP contribution in [0.1, 0.15) is 33.8 Å². The average molecular weight is 336 g/mol. The fourth-order valence-corrected chi connectivity index (χ4v) is 3.80. The number of aromatic nitrogens is 3. The largest absolute Gasteiger partial charge is 0.351 e. The summed E-state index contributed by atoms with van der Waals surface area (Å²) in [6.07, 6.45) is 5.17. The van der Waals surface area contributed by atoms with E-state index in [1.54, 1.807) is 22.5 Å². The summed E-state index contributed by atoms with van der Waals surface area (Å²) in [6.45, 7) is 0.546. The van der Waals surface area contributed by atoms with Crippen molar-refractivity contribution in [2.75, 3.05) is 6.54 Å². The smallest absolute Gasteiger partial charge is 0.256 e. The third-order valence-electron chi connectivity index (χ3n) is 5.06. The number of hydrogen-bond donors (Lipinski definition) is 1. The van der Waals surface area contributed by atoms with E-state index in [2.05, 4.69) is 22.5 Å². The molecule has 128 valence electrons. The Bertz CT molecular complexity index is 1030. The maximum absolute atomic E-state index is 12.6. The maximum atomic E-state index is 12.6. The first-order valence-electron chi connectivity index (χ1n) is 8.43. The average Bonchev–Trinajstić information content (AvgIpc) is 3.20. The number of fused-ring (bicyclic) bond motifs is 2. The van der Waals surface area contributed by atoms with Crippen LogP contribution in [0.4, 0.5) is 0 Å². The zero-order valence-corrected chi connectivity index (χ0v) is 14.3. The van der Waals surface area contributed by atoms with E-state index in [-0.39, 0.29) is 16.9 Å². The normalized spacial score (nSPS) is 16.2. The van der Waals surface area contributed by atoms with E-state index in [0.717, 1.165) is 12.8 Å². The van der Waals surface area contributed by atoms with Gasteiger partial charge in [-0.2, -0.15) is 5.10 Å². The van der Waals surface area contributed by atoms with Crippen molar-refractivity contribution in [1.29, 1.82) is 0 Å². The Labute approximate surface area is 145 Å². The Morgan fingerprint density at radius 1 is 1.32 bits per heavy atom. The Hall–Kier alpha value is -2.89. The van der Waals surface area contributed by atoms with Crippen LogP contribution >= 0.6 is 0 Å². The van der Waals surface area contributed by atoms with E-state index in [1.165, 1.54) is 17.3 Å². The van der Waals surface area contributed by atoms with Crippen molar-refractivity contribution in [2.45, 2.75) is 18.8 Å². The molecule has 1 amide bonds. The van der Waals surface area contributed by atoms with Crippen LogP contribution in [-0.2, 0) is 20.5 Å². The van der Waals surface area contributed by atoms with Crippen LogP contribution in [0.2, 0.25) is 0 Å². The number of carbonyl (C=O) groups excluding carboxylic acids is 1. The van der Waals surface area contributed by atoms with Gasteiger partial charge < -0.3 is 9.88 Å². The van der Waals surface area contributed by atoms with Crippen LogP contribution in [0.3, 0.4) is 0 Å². The van der Waals surface area contributed by atoms with Gasteiger partial charge in [0, 0.05) is 32.8 Å². The minimum Gasteiger partial charge on any atom is -0.351 e. The Balaban J connectivity index is 1.57. The van der Waals surface area contributed by atoms with Gasteiger partial charge in [-0.15, -0.1) is 0 Å². The summed E-state index contributed by atoms with van der Waals surface area (Å²) < 4.78 is 3.40. The Morgan fingerprint density at radius 3 is 2.96 bits per heavy atom. The molecule has 6 nitrogen and oxygen atoms in total. The number of pyridine rings is 1. The zero-order valence-electron chi connectivity index (χ0n) is 14.3. The molecule has 1 N–H and O–H groups in total. The molecule has 1 aliphatic rings. The molecule has 3 aromatic rings. The molecule has 2 aromatic heterocycles. The van der Waals surface area contributed by atoms with E-state index >= 15 is 0 Å². The van der Waals surface area contributed by atoms with Crippen LogP contribution in [0, 0.1) is 0 Å². The molecule has 0 fully saturated rings. The van der Waals surface area contributed by atoms with E-state index in [9.17, 15) is 9.59 Å². The monoisotopic (exact) mass is 336 g/mol. The van der Waals surface area contributed by atoms with Gasteiger partial charge in [-0.3, -0.25) is 14.3 Å². The minimum absolute atomic E-state index is 0.161. The van der Waals surface area contributed by atoms with Crippen LogP contribution in [0.15, 0.2) is 41.5 Å². The van der Waals surface area contributed by atoms with E-state index < -0.39 is 0 Å². The van der Waals surface area contributed by atoms with E-state index in [1.807, 2.05) is 19.2 Å². The van der Waals surface area contributed by atoms with Gasteiger partial charge in [-0.05, 0) is 24.0 Å². The molecular weight excluding hydrogens is 316 g/mol. The molecule has 0 spiro atoms. The standard InChI is InChI=1S/C19H20N4O2/c1-22-11-16(17(24)15-10-21-23(2)19(15)22)18(25)20-9-13-8-7-12-5-3-4-6-14(12)13/h3-6,10-11,13H,7-9H2,1-2H3,(H,20,25)/t13-/m1/s1. The second kappa shape index (κ2) is 5.88. The molecular formula is C19H20N4O2. The predicted molar refractivity (Wildman–Crippen MR) is 95.8 cm³/mol. The number of nitrogens with zero attached hydrogens (tertiary/aromatic N) is 3. The maximum Gasteiger partial charge on any atom is 0.256 e. The van der Waals surface area contributed by atoms with Crippen molar-refractivity contribution in [3.05, 3.63) is 63.6 Å². The Morgan fingerprint density at radius 2 is 2.12 bits per heavy atom. The fourth-order valence-electron chi connectivity index (χ4n) is 3.80. The van der Waals surface area contributed by atoms with E-state index in [4.69, 9.17) is 0 Å². The van der Waals surface area contributed by atoms with Crippen molar-refractivity contribution in [2.24, 2.45) is 14.1 Å². The van der Waals surface area contributed by atoms with Crippen molar-refractivity contribution < 1.29 is 4.79 Å². The predicted octanol–water partition coefficient (Wildman–Crippen LogP) is 1.73. The summed E-state index contributed by atoms with van der Waals surface area (Å²) in [4.78, 5) is 25.2. The number of carbonyl (C=O) groups is 1.